The molecule has 0 bridgehead atoms. The third-order valence-corrected chi connectivity index (χ3v) is 1.82. The molecule has 0 aliphatic rings. The first-order chi connectivity index (χ1) is 6.22. The van der Waals surface area contributed by atoms with Crippen LogP contribution < -0.4 is 15.2 Å². The first-order valence-corrected chi connectivity index (χ1v) is 3.84. The normalized spacial score (nSPS) is 9.77. The molecule has 4 heteroatoms. The Labute approximate surface area is 76.9 Å². The first kappa shape index (κ1) is 9.67. The third-order valence-electron chi connectivity index (χ3n) is 1.82. The Kier molecular flexibility index (Phi) is 2.97. The van der Waals surface area contributed by atoms with E-state index in [-0.39, 0.29) is 6.61 Å². The maximum absolute atomic E-state index is 8.93. The second kappa shape index (κ2) is 4.00. The number of aliphatic hydroxyl groups is 1. The zero-order chi connectivity index (χ0) is 9.84. The molecule has 1 aromatic carbocycles. The highest BCUT2D eigenvalue weighted by atomic mass is 16.5. The van der Waals surface area contributed by atoms with Crippen molar-refractivity contribution in [1.29, 1.82) is 0 Å². The fraction of sp³-hybridized carbons (Fsp3) is 0.333. The standard InChI is InChI=1S/C9H13NO3/c1-12-8-3-6(5-11)7(10)4-9(8)13-2/h3-4,11H,5,10H2,1-2H3. The van der Waals surface area contributed by atoms with E-state index in [9.17, 15) is 0 Å². The van der Waals surface area contributed by atoms with Crippen molar-refractivity contribution in [2.45, 2.75) is 6.61 Å². The van der Waals surface area contributed by atoms with Gasteiger partial charge in [0.05, 0.1) is 20.8 Å². The lowest BCUT2D eigenvalue weighted by molar-refractivity contribution is 0.281. The lowest BCUT2D eigenvalue weighted by atomic mass is 10.1. The minimum absolute atomic E-state index is 0.105. The van der Waals surface area contributed by atoms with Gasteiger partial charge in [-0.05, 0) is 6.07 Å². The number of rotatable bonds is 3. The van der Waals surface area contributed by atoms with Gasteiger partial charge in [0.25, 0.3) is 0 Å². The van der Waals surface area contributed by atoms with Gasteiger partial charge in [-0.2, -0.15) is 0 Å². The molecule has 0 saturated carbocycles. The van der Waals surface area contributed by atoms with Crippen molar-refractivity contribution in [3.8, 4) is 11.5 Å². The van der Waals surface area contributed by atoms with Crippen molar-refractivity contribution in [3.05, 3.63) is 17.7 Å². The number of nitrogen functional groups attached to an aromatic ring is 1. The molecule has 72 valence electrons. The number of hydrogen-bond donors (Lipinski definition) is 2. The molecule has 0 aromatic heterocycles. The minimum atomic E-state index is -0.105. The summed E-state index contributed by atoms with van der Waals surface area (Å²) in [7, 11) is 3.07. The highest BCUT2D eigenvalue weighted by molar-refractivity contribution is 5.57. The van der Waals surface area contributed by atoms with Gasteiger partial charge in [-0.25, -0.2) is 0 Å². The number of anilines is 1. The van der Waals surface area contributed by atoms with Crippen LogP contribution in [-0.4, -0.2) is 19.3 Å². The van der Waals surface area contributed by atoms with E-state index < -0.39 is 0 Å². The summed E-state index contributed by atoms with van der Waals surface area (Å²) in [6, 6.07) is 3.29. The molecule has 1 rings (SSSR count). The molecule has 0 atom stereocenters. The largest absolute Gasteiger partial charge is 0.493 e. The second-order valence-electron chi connectivity index (χ2n) is 2.56. The molecular weight excluding hydrogens is 170 g/mol. The van der Waals surface area contributed by atoms with Gasteiger partial charge in [0.2, 0.25) is 0 Å². The Balaban J connectivity index is 3.18. The van der Waals surface area contributed by atoms with Crippen LogP contribution in [0.25, 0.3) is 0 Å². The lowest BCUT2D eigenvalue weighted by Gasteiger charge is -2.10. The Morgan fingerprint density at radius 1 is 1.23 bits per heavy atom. The summed E-state index contributed by atoms with van der Waals surface area (Å²) >= 11 is 0. The van der Waals surface area contributed by atoms with E-state index >= 15 is 0 Å². The Morgan fingerprint density at radius 3 is 2.23 bits per heavy atom. The number of benzene rings is 1. The summed E-state index contributed by atoms with van der Waals surface area (Å²) in [5.41, 5.74) is 6.77. The summed E-state index contributed by atoms with van der Waals surface area (Å²) in [6.07, 6.45) is 0. The Bertz CT molecular complexity index is 299. The minimum Gasteiger partial charge on any atom is -0.493 e. The van der Waals surface area contributed by atoms with E-state index in [2.05, 4.69) is 0 Å². The SMILES string of the molecule is COc1cc(N)c(CO)cc1OC. The van der Waals surface area contributed by atoms with Gasteiger partial charge in [0.15, 0.2) is 11.5 Å². The van der Waals surface area contributed by atoms with Crippen molar-refractivity contribution in [1.82, 2.24) is 0 Å². The van der Waals surface area contributed by atoms with Gasteiger partial charge >= 0.3 is 0 Å². The van der Waals surface area contributed by atoms with Crippen LogP contribution in [0, 0.1) is 0 Å². The average molecular weight is 183 g/mol. The Hall–Kier alpha value is -1.42. The zero-order valence-corrected chi connectivity index (χ0v) is 7.70. The van der Waals surface area contributed by atoms with Crippen molar-refractivity contribution in [2.75, 3.05) is 20.0 Å². The van der Waals surface area contributed by atoms with Crippen molar-refractivity contribution >= 4 is 5.69 Å². The predicted octanol–water partition coefficient (Wildman–Crippen LogP) is 0.778. The van der Waals surface area contributed by atoms with Crippen LogP contribution >= 0.6 is 0 Å². The number of ether oxygens (including phenoxy) is 2. The summed E-state index contributed by atoms with van der Waals surface area (Å²) in [6.45, 7) is -0.105. The van der Waals surface area contributed by atoms with E-state index in [1.807, 2.05) is 0 Å². The lowest BCUT2D eigenvalue weighted by Crippen LogP contribution is -1.98. The zero-order valence-electron chi connectivity index (χ0n) is 7.70. The van der Waals surface area contributed by atoms with Crippen LogP contribution in [0.4, 0.5) is 5.69 Å². The monoisotopic (exact) mass is 183 g/mol. The molecule has 3 N–H and O–H groups in total. The predicted molar refractivity (Wildman–Crippen MR) is 49.9 cm³/mol. The molecule has 13 heavy (non-hydrogen) atoms. The fourth-order valence-corrected chi connectivity index (χ4v) is 1.07. The molecule has 0 aliphatic heterocycles. The molecule has 0 spiro atoms. The topological polar surface area (TPSA) is 64.7 Å². The van der Waals surface area contributed by atoms with E-state index in [4.69, 9.17) is 20.3 Å². The van der Waals surface area contributed by atoms with E-state index in [0.717, 1.165) is 0 Å². The molecule has 0 aliphatic carbocycles. The number of hydrogen-bond acceptors (Lipinski definition) is 4. The second-order valence-corrected chi connectivity index (χ2v) is 2.56. The summed E-state index contributed by atoms with van der Waals surface area (Å²) in [4.78, 5) is 0. The van der Waals surface area contributed by atoms with Gasteiger partial charge in [-0.15, -0.1) is 0 Å². The number of nitrogens with two attached hydrogens (primary N) is 1. The van der Waals surface area contributed by atoms with Gasteiger partial charge in [-0.3, -0.25) is 0 Å². The summed E-state index contributed by atoms with van der Waals surface area (Å²) in [5.74, 6) is 1.14. The smallest absolute Gasteiger partial charge is 0.162 e. The molecule has 0 unspecified atom stereocenters. The average Bonchev–Trinajstić information content (AvgIpc) is 2.17. The van der Waals surface area contributed by atoms with Crippen LogP contribution in [0.15, 0.2) is 12.1 Å². The third kappa shape index (κ3) is 1.84. The van der Waals surface area contributed by atoms with Crippen LogP contribution in [0.1, 0.15) is 5.56 Å². The highest BCUT2D eigenvalue weighted by Crippen LogP contribution is 2.31. The molecule has 0 heterocycles. The van der Waals surface area contributed by atoms with E-state index in [1.54, 1.807) is 12.1 Å². The molecule has 0 amide bonds. The molecule has 1 aromatic rings. The summed E-state index contributed by atoms with van der Waals surface area (Å²) < 4.78 is 10.1. The molecular formula is C9H13NO3. The molecule has 0 fully saturated rings. The van der Waals surface area contributed by atoms with Gasteiger partial charge in [-0.1, -0.05) is 0 Å². The highest BCUT2D eigenvalue weighted by Gasteiger charge is 2.07. The molecule has 0 radical (unpaired) electrons. The number of methoxy groups -OCH3 is 2. The van der Waals surface area contributed by atoms with Crippen LogP contribution in [-0.2, 0) is 6.61 Å². The quantitative estimate of drug-likeness (QED) is 0.679. The van der Waals surface area contributed by atoms with Crippen LogP contribution in [0.5, 0.6) is 11.5 Å². The van der Waals surface area contributed by atoms with E-state index in [0.29, 0.717) is 22.7 Å². The fourth-order valence-electron chi connectivity index (χ4n) is 1.07. The first-order valence-electron chi connectivity index (χ1n) is 3.84. The van der Waals surface area contributed by atoms with Gasteiger partial charge in [0.1, 0.15) is 0 Å². The van der Waals surface area contributed by atoms with E-state index in [1.165, 1.54) is 14.2 Å². The van der Waals surface area contributed by atoms with Crippen LogP contribution in [0.2, 0.25) is 0 Å². The van der Waals surface area contributed by atoms with Gasteiger partial charge < -0.3 is 20.3 Å². The Morgan fingerprint density at radius 2 is 1.77 bits per heavy atom. The summed E-state index contributed by atoms with van der Waals surface area (Å²) in [5, 5.41) is 8.93. The maximum atomic E-state index is 8.93. The molecule has 0 saturated heterocycles. The van der Waals surface area contributed by atoms with Gasteiger partial charge in [0, 0.05) is 17.3 Å². The van der Waals surface area contributed by atoms with Crippen LogP contribution in [0.3, 0.4) is 0 Å². The molecule has 4 nitrogen and oxygen atoms in total. The van der Waals surface area contributed by atoms with Crippen molar-refractivity contribution < 1.29 is 14.6 Å². The number of aliphatic hydroxyl groups excluding tert-OH is 1. The van der Waals surface area contributed by atoms with Crippen molar-refractivity contribution in [3.63, 3.8) is 0 Å². The van der Waals surface area contributed by atoms with Crippen molar-refractivity contribution in [2.24, 2.45) is 0 Å². The maximum Gasteiger partial charge on any atom is 0.162 e.